The van der Waals surface area contributed by atoms with E-state index in [1.54, 1.807) is 14.2 Å². The number of hydrogen-bond acceptors (Lipinski definition) is 5. The third-order valence-corrected chi connectivity index (χ3v) is 7.72. The molecule has 0 amide bonds. The zero-order valence-corrected chi connectivity index (χ0v) is 18.5. The molecule has 1 aliphatic heterocycles. The summed E-state index contributed by atoms with van der Waals surface area (Å²) in [5.74, 6) is 2.28. The van der Waals surface area contributed by atoms with Crippen LogP contribution in [0, 0.1) is 23.2 Å². The van der Waals surface area contributed by atoms with Crippen molar-refractivity contribution in [1.29, 1.82) is 0 Å². The quantitative estimate of drug-likeness (QED) is 0.413. The van der Waals surface area contributed by atoms with Gasteiger partial charge in [0.05, 0.1) is 20.1 Å². The van der Waals surface area contributed by atoms with Crippen molar-refractivity contribution in [2.45, 2.75) is 51.6 Å². The van der Waals surface area contributed by atoms with Crippen molar-refractivity contribution in [3.05, 3.63) is 35.9 Å². The third kappa shape index (κ3) is 3.96. The number of esters is 1. The fourth-order valence-electron chi connectivity index (χ4n) is 6.02. The summed E-state index contributed by atoms with van der Waals surface area (Å²) in [6.45, 7) is 8.25. The first-order chi connectivity index (χ1) is 14.4. The Hall–Kier alpha value is -2.01. The Balaban J connectivity index is 1.33. The van der Waals surface area contributed by atoms with Crippen molar-refractivity contribution in [2.24, 2.45) is 23.2 Å². The molecule has 0 unspecified atom stereocenters. The lowest BCUT2D eigenvalue weighted by Crippen LogP contribution is -2.45. The molecule has 3 aliphatic rings. The van der Waals surface area contributed by atoms with Gasteiger partial charge in [-0.2, -0.15) is 0 Å². The standard InChI is InChI=1S/C25H35NO4/c1-16-6-5-10-25(2)14-23-18(13-20(16)25)19(24(27)30-23)15-26-11-9-17-7-8-21(28-3)22(12-17)29-4/h7-8,12,18-20,23,26H,1,5-6,9-11,13-15H2,2-4H3/t18-,19-,20-,23-,25-/m1/s1. The van der Waals surface area contributed by atoms with Crippen molar-refractivity contribution in [2.75, 3.05) is 27.3 Å². The Morgan fingerprint density at radius 1 is 1.27 bits per heavy atom. The van der Waals surface area contributed by atoms with Gasteiger partial charge in [-0.15, -0.1) is 0 Å². The number of ether oxygens (including phenoxy) is 3. The van der Waals surface area contributed by atoms with E-state index in [9.17, 15) is 4.79 Å². The lowest BCUT2D eigenvalue weighted by atomic mass is 9.55. The summed E-state index contributed by atoms with van der Waals surface area (Å²) in [5.41, 5.74) is 2.83. The van der Waals surface area contributed by atoms with Crippen LogP contribution in [-0.2, 0) is 16.0 Å². The molecule has 30 heavy (non-hydrogen) atoms. The Morgan fingerprint density at radius 2 is 2.07 bits per heavy atom. The van der Waals surface area contributed by atoms with Crippen LogP contribution in [0.15, 0.2) is 30.4 Å². The van der Waals surface area contributed by atoms with Gasteiger partial charge in [0.25, 0.3) is 0 Å². The van der Waals surface area contributed by atoms with Crippen LogP contribution in [-0.4, -0.2) is 39.4 Å². The molecule has 164 valence electrons. The average molecular weight is 414 g/mol. The predicted octanol–water partition coefficient (Wildman–Crippen LogP) is 4.15. The second-order valence-corrected chi connectivity index (χ2v) is 9.55. The van der Waals surface area contributed by atoms with Crippen molar-refractivity contribution in [3.63, 3.8) is 0 Å². The predicted molar refractivity (Wildman–Crippen MR) is 117 cm³/mol. The number of fused-ring (bicyclic) bond motifs is 2. The molecule has 5 heteroatoms. The summed E-state index contributed by atoms with van der Waals surface area (Å²) in [7, 11) is 3.29. The van der Waals surface area contributed by atoms with Gasteiger partial charge < -0.3 is 19.5 Å². The Bertz CT molecular complexity index is 806. The van der Waals surface area contributed by atoms with Gasteiger partial charge in [-0.1, -0.05) is 25.1 Å². The number of hydrogen-bond donors (Lipinski definition) is 1. The molecular formula is C25H35NO4. The minimum atomic E-state index is -0.0420. The molecule has 0 spiro atoms. The zero-order chi connectivity index (χ0) is 21.3. The highest BCUT2D eigenvalue weighted by Gasteiger charge is 2.54. The van der Waals surface area contributed by atoms with Crippen LogP contribution < -0.4 is 14.8 Å². The molecule has 0 bridgehead atoms. The van der Waals surface area contributed by atoms with Crippen LogP contribution in [0.3, 0.4) is 0 Å². The van der Waals surface area contributed by atoms with E-state index in [1.165, 1.54) is 24.0 Å². The van der Waals surface area contributed by atoms with E-state index in [4.69, 9.17) is 14.2 Å². The molecule has 0 radical (unpaired) electrons. The SMILES string of the molecule is C=C1CCC[C@]2(C)C[C@H]3OC(=O)[C@H](CNCCc4ccc(OC)c(OC)c4)[C@H]3C[C@H]12. The molecule has 1 N–H and O–H groups in total. The normalized spacial score (nSPS) is 32.9. The van der Waals surface area contributed by atoms with Gasteiger partial charge in [0.15, 0.2) is 11.5 Å². The van der Waals surface area contributed by atoms with Crippen molar-refractivity contribution in [1.82, 2.24) is 5.32 Å². The highest BCUT2D eigenvalue weighted by molar-refractivity contribution is 5.75. The van der Waals surface area contributed by atoms with E-state index in [-0.39, 0.29) is 23.4 Å². The summed E-state index contributed by atoms with van der Waals surface area (Å²) in [6.07, 6.45) is 6.59. The van der Waals surface area contributed by atoms with Gasteiger partial charge in [0.1, 0.15) is 6.10 Å². The maximum atomic E-state index is 12.6. The number of nitrogens with one attached hydrogen (secondary N) is 1. The lowest BCUT2D eigenvalue weighted by Gasteiger charge is -2.50. The summed E-state index contributed by atoms with van der Waals surface area (Å²) >= 11 is 0. The highest BCUT2D eigenvalue weighted by atomic mass is 16.6. The number of allylic oxidation sites excluding steroid dienone is 1. The summed E-state index contributed by atoms with van der Waals surface area (Å²) < 4.78 is 16.5. The molecule has 4 rings (SSSR count). The minimum Gasteiger partial charge on any atom is -0.493 e. The summed E-state index contributed by atoms with van der Waals surface area (Å²) in [4.78, 5) is 12.6. The molecule has 2 aliphatic carbocycles. The first-order valence-electron chi connectivity index (χ1n) is 11.2. The monoisotopic (exact) mass is 413 g/mol. The minimum absolute atomic E-state index is 0.0172. The third-order valence-electron chi connectivity index (χ3n) is 7.72. The van der Waals surface area contributed by atoms with Crippen molar-refractivity contribution in [3.8, 4) is 11.5 Å². The second-order valence-electron chi connectivity index (χ2n) is 9.55. The van der Waals surface area contributed by atoms with Crippen LogP contribution in [0.1, 0.15) is 44.6 Å². The fourth-order valence-corrected chi connectivity index (χ4v) is 6.02. The van der Waals surface area contributed by atoms with Crippen molar-refractivity contribution < 1.29 is 19.0 Å². The van der Waals surface area contributed by atoms with Gasteiger partial charge in [0, 0.05) is 12.5 Å². The average Bonchev–Trinajstić information content (AvgIpc) is 3.03. The first-order valence-corrected chi connectivity index (χ1v) is 11.2. The van der Waals surface area contributed by atoms with E-state index in [2.05, 4.69) is 24.9 Å². The van der Waals surface area contributed by atoms with Gasteiger partial charge in [-0.25, -0.2) is 0 Å². The molecule has 1 heterocycles. The molecular weight excluding hydrogens is 378 g/mol. The second kappa shape index (κ2) is 8.62. The van der Waals surface area contributed by atoms with Crippen LogP contribution >= 0.6 is 0 Å². The first kappa shape index (κ1) is 21.2. The van der Waals surface area contributed by atoms with Gasteiger partial charge in [-0.3, -0.25) is 4.79 Å². The number of methoxy groups -OCH3 is 2. The maximum absolute atomic E-state index is 12.6. The number of carbonyl (C=O) groups excluding carboxylic acids is 1. The molecule has 3 fully saturated rings. The number of carbonyl (C=O) groups is 1. The van der Waals surface area contributed by atoms with E-state index in [0.29, 0.717) is 18.4 Å². The van der Waals surface area contributed by atoms with E-state index < -0.39 is 0 Å². The van der Waals surface area contributed by atoms with Gasteiger partial charge in [-0.05, 0) is 74.1 Å². The number of rotatable bonds is 7. The van der Waals surface area contributed by atoms with E-state index in [1.807, 2.05) is 12.1 Å². The van der Waals surface area contributed by atoms with E-state index >= 15 is 0 Å². The Kier molecular flexibility index (Phi) is 6.10. The topological polar surface area (TPSA) is 56.8 Å². The number of benzene rings is 1. The Labute approximate surface area is 180 Å². The molecule has 5 nitrogen and oxygen atoms in total. The molecule has 2 saturated carbocycles. The van der Waals surface area contributed by atoms with Crippen molar-refractivity contribution >= 4 is 5.97 Å². The molecule has 1 saturated heterocycles. The van der Waals surface area contributed by atoms with Crippen LogP contribution in [0.2, 0.25) is 0 Å². The molecule has 1 aromatic carbocycles. The summed E-state index contributed by atoms with van der Waals surface area (Å²) in [6, 6.07) is 6.00. The molecule has 0 aromatic heterocycles. The smallest absolute Gasteiger partial charge is 0.310 e. The zero-order valence-electron chi connectivity index (χ0n) is 18.5. The van der Waals surface area contributed by atoms with Crippen LogP contribution in [0.25, 0.3) is 0 Å². The van der Waals surface area contributed by atoms with Crippen LogP contribution in [0.4, 0.5) is 0 Å². The largest absolute Gasteiger partial charge is 0.493 e. The highest BCUT2D eigenvalue weighted by Crippen LogP contribution is 2.56. The van der Waals surface area contributed by atoms with Gasteiger partial charge >= 0.3 is 5.97 Å². The summed E-state index contributed by atoms with van der Waals surface area (Å²) in [5, 5.41) is 3.50. The maximum Gasteiger partial charge on any atom is 0.310 e. The van der Waals surface area contributed by atoms with Gasteiger partial charge in [0.2, 0.25) is 0 Å². The molecule has 1 aromatic rings. The Morgan fingerprint density at radius 3 is 2.83 bits per heavy atom. The molecule has 5 atom stereocenters. The fraction of sp³-hybridized carbons (Fsp3) is 0.640. The van der Waals surface area contributed by atoms with E-state index in [0.717, 1.165) is 43.7 Å². The lowest BCUT2D eigenvalue weighted by molar-refractivity contribution is -0.146. The van der Waals surface area contributed by atoms with Crippen LogP contribution in [0.5, 0.6) is 11.5 Å².